The summed E-state index contributed by atoms with van der Waals surface area (Å²) in [6.45, 7) is 5.16. The molecule has 0 aromatic carbocycles. The summed E-state index contributed by atoms with van der Waals surface area (Å²) in [6, 6.07) is 0. The molecule has 0 aliphatic heterocycles. The Hall–Kier alpha value is -1.71. The second kappa shape index (κ2) is 6.83. The average molecular weight is 318 g/mol. The van der Waals surface area contributed by atoms with Crippen molar-refractivity contribution in [2.24, 2.45) is 0 Å². The molecular formula is C12H18N2O6S. The Labute approximate surface area is 125 Å². The highest BCUT2D eigenvalue weighted by molar-refractivity contribution is 7.15. The Kier molecular flexibility index (Phi) is 5.64. The molecule has 1 amide bonds. The molecule has 8 nitrogen and oxygen atoms in total. The van der Waals surface area contributed by atoms with Gasteiger partial charge in [-0.25, -0.2) is 14.6 Å². The Balaban J connectivity index is 2.69. The third kappa shape index (κ3) is 5.29. The summed E-state index contributed by atoms with van der Waals surface area (Å²) < 4.78 is 9.37. The Morgan fingerprint density at radius 3 is 2.52 bits per heavy atom. The number of hydrogen-bond donors (Lipinski definition) is 3. The highest BCUT2D eigenvalue weighted by Gasteiger charge is 2.28. The zero-order valence-electron chi connectivity index (χ0n) is 12.1. The van der Waals surface area contributed by atoms with E-state index in [1.807, 2.05) is 0 Å². The van der Waals surface area contributed by atoms with Gasteiger partial charge in [0.2, 0.25) is 0 Å². The fraction of sp³-hybridized carbons (Fsp3) is 0.583. The summed E-state index contributed by atoms with van der Waals surface area (Å²) in [6.07, 6.45) is -2.64. The van der Waals surface area contributed by atoms with Crippen molar-refractivity contribution >= 4 is 28.5 Å². The number of hydrogen-bond acceptors (Lipinski definition) is 8. The normalized spacial score (nSPS) is 14.2. The molecule has 2 atom stereocenters. The molecule has 0 saturated heterocycles. The minimum atomic E-state index is -1.72. The van der Waals surface area contributed by atoms with Gasteiger partial charge in [-0.1, -0.05) is 11.3 Å². The summed E-state index contributed by atoms with van der Waals surface area (Å²) >= 11 is 0.911. The predicted octanol–water partition coefficient (Wildman–Crippen LogP) is 1.06. The Morgan fingerprint density at radius 2 is 2.00 bits per heavy atom. The van der Waals surface area contributed by atoms with Crippen LogP contribution in [0.2, 0.25) is 0 Å². The van der Waals surface area contributed by atoms with Crippen LogP contribution in [0.15, 0.2) is 6.20 Å². The molecule has 0 aliphatic carbocycles. The zero-order chi connectivity index (χ0) is 16.2. The van der Waals surface area contributed by atoms with Crippen molar-refractivity contribution < 1.29 is 29.3 Å². The number of anilines is 1. The number of methoxy groups -OCH3 is 1. The molecule has 118 valence electrons. The smallest absolute Gasteiger partial charge is 0.413 e. The van der Waals surface area contributed by atoms with Gasteiger partial charge in [0, 0.05) is 6.20 Å². The lowest BCUT2D eigenvalue weighted by Crippen LogP contribution is -2.28. The molecule has 1 heterocycles. The number of ether oxygens (including phenoxy) is 2. The molecule has 0 fully saturated rings. The maximum Gasteiger partial charge on any atom is 0.413 e. The molecule has 1 rings (SSSR count). The fourth-order valence-corrected chi connectivity index (χ4v) is 2.10. The lowest BCUT2D eigenvalue weighted by molar-refractivity contribution is -0.156. The highest BCUT2D eigenvalue weighted by Crippen LogP contribution is 2.27. The second-order valence-corrected chi connectivity index (χ2v) is 6.17. The molecule has 0 spiro atoms. The number of thiazole rings is 1. The van der Waals surface area contributed by atoms with E-state index >= 15 is 0 Å². The van der Waals surface area contributed by atoms with Crippen LogP contribution in [0.5, 0.6) is 0 Å². The lowest BCUT2D eigenvalue weighted by Gasteiger charge is -2.18. The zero-order valence-corrected chi connectivity index (χ0v) is 12.9. The minimum absolute atomic E-state index is 0.176. The maximum absolute atomic E-state index is 11.5. The van der Waals surface area contributed by atoms with Gasteiger partial charge in [-0.2, -0.15) is 0 Å². The number of aliphatic hydroxyl groups is 2. The molecule has 3 N–H and O–H groups in total. The van der Waals surface area contributed by atoms with Gasteiger partial charge in [0.05, 0.1) is 12.0 Å². The van der Waals surface area contributed by atoms with Crippen molar-refractivity contribution in [1.82, 2.24) is 4.98 Å². The average Bonchev–Trinajstić information content (AvgIpc) is 2.81. The summed E-state index contributed by atoms with van der Waals surface area (Å²) in [5.41, 5.74) is -0.648. The molecule has 0 bridgehead atoms. The number of nitrogens with one attached hydrogen (secondary N) is 1. The minimum Gasteiger partial charge on any atom is -0.467 e. The van der Waals surface area contributed by atoms with E-state index in [1.165, 1.54) is 6.20 Å². The molecule has 21 heavy (non-hydrogen) atoms. The standard InChI is InChI=1S/C12H18N2O6S/c1-12(2,3)20-11(18)14-10-13-5-6(21-10)7(15)8(16)9(17)19-4/h5,7-8,15-16H,1-4H3,(H,13,14,18). The Morgan fingerprint density at radius 1 is 1.38 bits per heavy atom. The monoisotopic (exact) mass is 318 g/mol. The largest absolute Gasteiger partial charge is 0.467 e. The first-order valence-electron chi connectivity index (χ1n) is 6.03. The van der Waals surface area contributed by atoms with E-state index in [0.717, 1.165) is 18.4 Å². The van der Waals surface area contributed by atoms with Crippen molar-refractivity contribution in [3.8, 4) is 0 Å². The second-order valence-electron chi connectivity index (χ2n) is 5.11. The number of amides is 1. The van der Waals surface area contributed by atoms with Crippen LogP contribution in [0.1, 0.15) is 31.8 Å². The first-order valence-corrected chi connectivity index (χ1v) is 6.85. The van der Waals surface area contributed by atoms with Crippen LogP contribution in [0.3, 0.4) is 0 Å². The molecule has 0 aliphatic rings. The number of aliphatic hydroxyl groups excluding tert-OH is 2. The van der Waals surface area contributed by atoms with Crippen LogP contribution in [0.4, 0.5) is 9.93 Å². The number of nitrogens with zero attached hydrogens (tertiary/aromatic N) is 1. The SMILES string of the molecule is COC(=O)C(O)C(O)c1cnc(NC(=O)OC(C)(C)C)s1. The molecule has 0 radical (unpaired) electrons. The van der Waals surface area contributed by atoms with E-state index in [0.29, 0.717) is 0 Å². The molecule has 1 aromatic heterocycles. The molecular weight excluding hydrogens is 300 g/mol. The van der Waals surface area contributed by atoms with E-state index in [4.69, 9.17) is 4.74 Å². The summed E-state index contributed by atoms with van der Waals surface area (Å²) in [5.74, 6) is -0.961. The van der Waals surface area contributed by atoms with E-state index < -0.39 is 29.9 Å². The number of carbonyl (C=O) groups excluding carboxylic acids is 2. The molecule has 0 saturated carbocycles. The van der Waals surface area contributed by atoms with E-state index in [9.17, 15) is 19.8 Å². The molecule has 1 aromatic rings. The number of rotatable bonds is 4. The summed E-state index contributed by atoms with van der Waals surface area (Å²) in [5, 5.41) is 21.9. The topological polar surface area (TPSA) is 118 Å². The van der Waals surface area contributed by atoms with Crippen LogP contribution in [-0.4, -0.2) is 46.1 Å². The van der Waals surface area contributed by atoms with Crippen molar-refractivity contribution in [3.05, 3.63) is 11.1 Å². The van der Waals surface area contributed by atoms with Crippen LogP contribution >= 0.6 is 11.3 Å². The number of carbonyl (C=O) groups is 2. The van der Waals surface area contributed by atoms with E-state index in [-0.39, 0.29) is 10.0 Å². The molecule has 2 unspecified atom stereocenters. The van der Waals surface area contributed by atoms with Gasteiger partial charge in [0.25, 0.3) is 0 Å². The lowest BCUT2D eigenvalue weighted by atomic mass is 10.2. The highest BCUT2D eigenvalue weighted by atomic mass is 32.1. The van der Waals surface area contributed by atoms with E-state index in [1.54, 1.807) is 20.8 Å². The maximum atomic E-state index is 11.5. The van der Waals surface area contributed by atoms with Crippen molar-refractivity contribution in [2.45, 2.75) is 38.6 Å². The van der Waals surface area contributed by atoms with Crippen LogP contribution in [0.25, 0.3) is 0 Å². The van der Waals surface area contributed by atoms with Gasteiger partial charge in [-0.05, 0) is 20.8 Å². The predicted molar refractivity (Wildman–Crippen MR) is 75.0 cm³/mol. The van der Waals surface area contributed by atoms with Gasteiger partial charge in [0.1, 0.15) is 11.7 Å². The van der Waals surface area contributed by atoms with Gasteiger partial charge >= 0.3 is 12.1 Å². The van der Waals surface area contributed by atoms with Crippen molar-refractivity contribution in [1.29, 1.82) is 0 Å². The van der Waals surface area contributed by atoms with Gasteiger partial charge in [-0.15, -0.1) is 0 Å². The van der Waals surface area contributed by atoms with E-state index in [2.05, 4.69) is 15.0 Å². The van der Waals surface area contributed by atoms with Crippen molar-refractivity contribution in [3.63, 3.8) is 0 Å². The van der Waals surface area contributed by atoms with Crippen LogP contribution in [0, 0.1) is 0 Å². The van der Waals surface area contributed by atoms with Crippen LogP contribution < -0.4 is 5.32 Å². The first-order chi connectivity index (χ1) is 9.64. The Bertz CT molecular complexity index is 510. The molecule has 9 heteroatoms. The van der Waals surface area contributed by atoms with Gasteiger partial charge in [0.15, 0.2) is 11.2 Å². The third-order valence-electron chi connectivity index (χ3n) is 2.16. The van der Waals surface area contributed by atoms with Crippen molar-refractivity contribution in [2.75, 3.05) is 12.4 Å². The summed E-state index contributed by atoms with van der Waals surface area (Å²) in [7, 11) is 1.10. The van der Waals surface area contributed by atoms with Gasteiger partial charge in [-0.3, -0.25) is 5.32 Å². The van der Waals surface area contributed by atoms with Crippen LogP contribution in [-0.2, 0) is 14.3 Å². The quantitative estimate of drug-likeness (QED) is 0.710. The number of aromatic nitrogens is 1. The fourth-order valence-electron chi connectivity index (χ4n) is 1.28. The summed E-state index contributed by atoms with van der Waals surface area (Å²) in [4.78, 5) is 26.7. The third-order valence-corrected chi connectivity index (χ3v) is 3.15. The number of esters is 1. The first kappa shape index (κ1) is 17.3. The van der Waals surface area contributed by atoms with Gasteiger partial charge < -0.3 is 19.7 Å².